The number of carbonyl (C=O) groups excluding carboxylic acids is 2. The predicted octanol–water partition coefficient (Wildman–Crippen LogP) is 5.00. The van der Waals surface area contributed by atoms with Crippen molar-refractivity contribution >= 4 is 26.9 Å². The summed E-state index contributed by atoms with van der Waals surface area (Å²) in [7, 11) is -0.307. The second kappa shape index (κ2) is 6.08. The summed E-state index contributed by atoms with van der Waals surface area (Å²) in [6, 6.07) is 13.9. The lowest BCUT2D eigenvalue weighted by Crippen LogP contribution is -2.27. The Labute approximate surface area is 149 Å². The van der Waals surface area contributed by atoms with E-state index in [-0.39, 0.29) is 28.0 Å². The molecule has 0 aromatic heterocycles. The molecule has 0 fully saturated rings. The number of allylic oxidation sites excluding steroid dienone is 4. The molecular formula is C22H18O2S. The third kappa shape index (κ3) is 2.56. The number of carbonyl (C=O) groups is 2. The van der Waals surface area contributed by atoms with Crippen LogP contribution >= 0.6 is 10.5 Å². The van der Waals surface area contributed by atoms with Crippen LogP contribution in [0.25, 0.3) is 0 Å². The minimum Gasteiger partial charge on any atom is -0.295 e. The Morgan fingerprint density at radius 3 is 2.60 bits per heavy atom. The molecule has 0 saturated heterocycles. The highest BCUT2D eigenvalue weighted by Gasteiger charge is 2.33. The zero-order valence-electron chi connectivity index (χ0n) is 14.2. The first-order chi connectivity index (χ1) is 12.1. The molecule has 124 valence electrons. The molecule has 2 unspecified atom stereocenters. The SMILES string of the molecule is CC(=O)c1ccc2c(c1)C(=O)C1C=CC=CC1=S2c1ccccc1C. The fourth-order valence-electron chi connectivity index (χ4n) is 3.38. The minimum absolute atomic E-state index is 0.0137. The Morgan fingerprint density at radius 2 is 1.84 bits per heavy atom. The van der Waals surface area contributed by atoms with Gasteiger partial charge in [-0.15, -0.1) is 10.5 Å². The number of ketones is 2. The van der Waals surface area contributed by atoms with E-state index in [4.69, 9.17) is 0 Å². The van der Waals surface area contributed by atoms with Gasteiger partial charge in [-0.3, -0.25) is 9.59 Å². The quantitative estimate of drug-likeness (QED) is 0.567. The van der Waals surface area contributed by atoms with E-state index in [0.29, 0.717) is 11.1 Å². The second-order valence-corrected chi connectivity index (χ2v) is 8.29. The van der Waals surface area contributed by atoms with Gasteiger partial charge in [-0.05, 0) is 42.5 Å². The summed E-state index contributed by atoms with van der Waals surface area (Å²) in [5.41, 5.74) is 2.50. The lowest BCUT2D eigenvalue weighted by molar-refractivity contribution is 0.0969. The van der Waals surface area contributed by atoms with Crippen LogP contribution in [0.2, 0.25) is 0 Å². The number of aryl methyl sites for hydroxylation is 1. The predicted molar refractivity (Wildman–Crippen MR) is 103 cm³/mol. The number of hydrogen-bond donors (Lipinski definition) is 0. The van der Waals surface area contributed by atoms with Crippen LogP contribution in [-0.4, -0.2) is 16.4 Å². The molecule has 2 aromatic rings. The van der Waals surface area contributed by atoms with E-state index in [1.54, 1.807) is 6.07 Å². The van der Waals surface area contributed by atoms with E-state index < -0.39 is 0 Å². The van der Waals surface area contributed by atoms with Crippen LogP contribution in [-0.2, 0) is 0 Å². The highest BCUT2D eigenvalue weighted by atomic mass is 32.2. The van der Waals surface area contributed by atoms with Crippen LogP contribution in [0.3, 0.4) is 0 Å². The summed E-state index contributed by atoms with van der Waals surface area (Å²) in [6.45, 7) is 3.65. The maximum atomic E-state index is 13.1. The van der Waals surface area contributed by atoms with Crippen molar-refractivity contribution in [3.8, 4) is 0 Å². The van der Waals surface area contributed by atoms with Gasteiger partial charge in [0, 0.05) is 20.9 Å². The van der Waals surface area contributed by atoms with E-state index in [2.05, 4.69) is 25.1 Å². The molecule has 2 aromatic carbocycles. The molecule has 25 heavy (non-hydrogen) atoms. The summed E-state index contributed by atoms with van der Waals surface area (Å²) < 4.78 is 0. The lowest BCUT2D eigenvalue weighted by Gasteiger charge is -2.29. The Kier molecular flexibility index (Phi) is 3.89. The lowest BCUT2D eigenvalue weighted by atomic mass is 9.90. The molecule has 1 aliphatic heterocycles. The summed E-state index contributed by atoms with van der Waals surface area (Å²) in [6.07, 6.45) is 8.00. The Hall–Kier alpha value is -2.52. The van der Waals surface area contributed by atoms with Crippen LogP contribution < -0.4 is 0 Å². The van der Waals surface area contributed by atoms with Gasteiger partial charge < -0.3 is 0 Å². The monoisotopic (exact) mass is 346 g/mol. The first kappa shape index (κ1) is 16.0. The third-order valence-corrected chi connectivity index (χ3v) is 7.24. The van der Waals surface area contributed by atoms with Gasteiger partial charge >= 0.3 is 0 Å². The second-order valence-electron chi connectivity index (χ2n) is 6.33. The topological polar surface area (TPSA) is 34.1 Å². The summed E-state index contributed by atoms with van der Waals surface area (Å²) in [5, 5.41) is 0. The summed E-state index contributed by atoms with van der Waals surface area (Å²) >= 11 is 0. The molecule has 3 heteroatoms. The van der Waals surface area contributed by atoms with E-state index in [0.717, 1.165) is 9.76 Å². The molecule has 0 saturated carbocycles. The van der Waals surface area contributed by atoms with Gasteiger partial charge in [-0.2, -0.15) is 0 Å². The third-order valence-electron chi connectivity index (χ3n) is 4.68. The molecule has 0 N–H and O–H groups in total. The molecule has 2 aliphatic rings. The van der Waals surface area contributed by atoms with Crippen molar-refractivity contribution in [1.29, 1.82) is 0 Å². The zero-order chi connectivity index (χ0) is 17.6. The molecule has 1 heterocycles. The van der Waals surface area contributed by atoms with Gasteiger partial charge in [-0.1, -0.05) is 48.6 Å². The molecule has 0 radical (unpaired) electrons. The van der Waals surface area contributed by atoms with Crippen molar-refractivity contribution in [3.05, 3.63) is 83.5 Å². The van der Waals surface area contributed by atoms with Gasteiger partial charge in [0.15, 0.2) is 11.6 Å². The van der Waals surface area contributed by atoms with Crippen molar-refractivity contribution in [3.63, 3.8) is 0 Å². The average Bonchev–Trinajstić information content (AvgIpc) is 2.63. The van der Waals surface area contributed by atoms with E-state index in [1.165, 1.54) is 17.4 Å². The fourth-order valence-corrected chi connectivity index (χ4v) is 5.97. The number of rotatable bonds is 2. The van der Waals surface area contributed by atoms with Crippen molar-refractivity contribution in [2.24, 2.45) is 5.92 Å². The van der Waals surface area contributed by atoms with Gasteiger partial charge in [-0.25, -0.2) is 0 Å². The van der Waals surface area contributed by atoms with Crippen molar-refractivity contribution in [2.75, 3.05) is 0 Å². The molecule has 0 bridgehead atoms. The van der Waals surface area contributed by atoms with E-state index in [1.807, 2.05) is 42.5 Å². The molecule has 0 spiro atoms. The maximum absolute atomic E-state index is 13.1. The Morgan fingerprint density at radius 1 is 1.04 bits per heavy atom. The van der Waals surface area contributed by atoms with Crippen molar-refractivity contribution in [1.82, 2.24) is 0 Å². The van der Waals surface area contributed by atoms with Crippen molar-refractivity contribution in [2.45, 2.75) is 23.6 Å². The van der Waals surface area contributed by atoms with Crippen LogP contribution in [0, 0.1) is 12.8 Å². The standard InChI is InChI=1S/C22H18O2S/c1-14-7-3-5-9-19(14)25-20-10-6-4-8-17(20)22(24)18-13-16(15(2)23)11-12-21(18)25/h3-13,17H,1-2H3. The Bertz CT molecular complexity index is 1010. The number of hydrogen-bond acceptors (Lipinski definition) is 2. The van der Waals surface area contributed by atoms with Gasteiger partial charge in [0.2, 0.25) is 0 Å². The van der Waals surface area contributed by atoms with Crippen LogP contribution in [0.1, 0.15) is 33.2 Å². The summed E-state index contributed by atoms with van der Waals surface area (Å²) in [4.78, 5) is 28.3. The van der Waals surface area contributed by atoms with Crippen molar-refractivity contribution < 1.29 is 9.59 Å². The normalized spacial score (nSPS) is 21.0. The largest absolute Gasteiger partial charge is 0.295 e. The molecular weight excluding hydrogens is 328 g/mol. The van der Waals surface area contributed by atoms with E-state index >= 15 is 0 Å². The van der Waals surface area contributed by atoms with Crippen LogP contribution in [0.5, 0.6) is 0 Å². The molecule has 4 rings (SSSR count). The van der Waals surface area contributed by atoms with Gasteiger partial charge in [0.05, 0.1) is 5.92 Å². The van der Waals surface area contributed by atoms with Crippen LogP contribution in [0.4, 0.5) is 0 Å². The highest BCUT2D eigenvalue weighted by molar-refractivity contribution is 8.16. The summed E-state index contributed by atoms with van der Waals surface area (Å²) in [5.74, 6) is -0.158. The molecule has 1 aliphatic carbocycles. The number of benzene rings is 2. The molecule has 0 amide bonds. The number of fused-ring (bicyclic) bond motifs is 2. The van der Waals surface area contributed by atoms with Gasteiger partial charge in [0.1, 0.15) is 0 Å². The first-order valence-electron chi connectivity index (χ1n) is 8.29. The fraction of sp³-hybridized carbons (Fsp3) is 0.136. The first-order valence-corrected chi connectivity index (χ1v) is 9.51. The maximum Gasteiger partial charge on any atom is 0.175 e. The smallest absolute Gasteiger partial charge is 0.175 e. The number of Topliss-reactive ketones (excluding diaryl/α,β-unsaturated/α-hetero) is 2. The zero-order valence-corrected chi connectivity index (χ0v) is 15.0. The molecule has 2 nitrogen and oxygen atoms in total. The minimum atomic E-state index is -0.307. The Balaban J connectivity index is 2.05. The average molecular weight is 346 g/mol. The highest BCUT2D eigenvalue weighted by Crippen LogP contribution is 2.47. The van der Waals surface area contributed by atoms with E-state index in [9.17, 15) is 9.59 Å². The van der Waals surface area contributed by atoms with Crippen LogP contribution in [0.15, 0.2) is 76.6 Å². The molecule has 2 atom stereocenters. The van der Waals surface area contributed by atoms with Gasteiger partial charge in [0.25, 0.3) is 0 Å².